The Bertz CT molecular complexity index is 1100. The van der Waals surface area contributed by atoms with Gasteiger partial charge in [0.05, 0.1) is 25.8 Å². The van der Waals surface area contributed by atoms with Crippen LogP contribution >= 0.6 is 0 Å². The van der Waals surface area contributed by atoms with Crippen molar-refractivity contribution in [1.82, 2.24) is 15.1 Å². The van der Waals surface area contributed by atoms with Crippen LogP contribution in [0.1, 0.15) is 31.7 Å². The third kappa shape index (κ3) is 6.60. The van der Waals surface area contributed by atoms with Crippen LogP contribution in [0.15, 0.2) is 48.5 Å². The first-order valence-electron chi connectivity index (χ1n) is 12.9. The largest absolute Gasteiger partial charge is 0.495 e. The summed E-state index contributed by atoms with van der Waals surface area (Å²) < 4.78 is 5.49. The van der Waals surface area contributed by atoms with Crippen molar-refractivity contribution in [3.8, 4) is 5.75 Å². The van der Waals surface area contributed by atoms with Crippen LogP contribution in [-0.2, 0) is 14.4 Å². The molecule has 2 fully saturated rings. The van der Waals surface area contributed by atoms with E-state index in [0.29, 0.717) is 24.7 Å². The van der Waals surface area contributed by atoms with E-state index in [-0.39, 0.29) is 30.7 Å². The fourth-order valence-corrected chi connectivity index (χ4v) is 4.88. The van der Waals surface area contributed by atoms with E-state index in [0.717, 1.165) is 37.6 Å². The number of amides is 3. The Kier molecular flexibility index (Phi) is 8.66. The minimum atomic E-state index is -0.814. The Morgan fingerprint density at radius 1 is 1.03 bits per heavy atom. The van der Waals surface area contributed by atoms with Crippen LogP contribution in [0.5, 0.6) is 5.75 Å². The topological polar surface area (TPSA) is 94.2 Å². The van der Waals surface area contributed by atoms with Crippen molar-refractivity contribution in [2.24, 2.45) is 0 Å². The number of carbonyl (C=O) groups excluding carboxylic acids is 3. The maximum atomic E-state index is 13.3. The van der Waals surface area contributed by atoms with Crippen LogP contribution in [0.3, 0.4) is 0 Å². The van der Waals surface area contributed by atoms with Crippen LogP contribution in [-0.4, -0.2) is 86.5 Å². The van der Waals surface area contributed by atoms with Gasteiger partial charge >= 0.3 is 0 Å². The Labute approximate surface area is 218 Å². The van der Waals surface area contributed by atoms with Crippen LogP contribution in [0.4, 0.5) is 11.4 Å². The molecule has 0 bridgehead atoms. The average Bonchev–Trinajstić information content (AvgIpc) is 2.90. The lowest BCUT2D eigenvalue weighted by molar-refractivity contribution is -0.145. The molecule has 0 aromatic heterocycles. The molecule has 198 valence electrons. The summed E-state index contributed by atoms with van der Waals surface area (Å²) in [6.07, 6.45) is -0.0783. The van der Waals surface area contributed by atoms with Gasteiger partial charge in [0.2, 0.25) is 17.7 Å². The smallest absolute Gasteiger partial charge is 0.243 e. The Balaban J connectivity index is 1.32. The molecule has 9 heteroatoms. The van der Waals surface area contributed by atoms with E-state index < -0.39 is 6.04 Å². The fourth-order valence-electron chi connectivity index (χ4n) is 4.88. The molecule has 1 unspecified atom stereocenters. The molecule has 2 aromatic carbocycles. The summed E-state index contributed by atoms with van der Waals surface area (Å²) in [5, 5.41) is 5.66. The molecule has 9 nitrogen and oxygen atoms in total. The van der Waals surface area contributed by atoms with Crippen molar-refractivity contribution in [3.63, 3.8) is 0 Å². The second-order valence-corrected chi connectivity index (χ2v) is 9.86. The summed E-state index contributed by atoms with van der Waals surface area (Å²) in [5.41, 5.74) is 2.91. The van der Waals surface area contributed by atoms with Crippen molar-refractivity contribution in [1.29, 1.82) is 0 Å². The van der Waals surface area contributed by atoms with Gasteiger partial charge in [0.15, 0.2) is 0 Å². The molecule has 4 rings (SSSR count). The SMILES string of the molecule is COc1ccccc1N1CCN(CC(=O)N2CCNC(=O)C2CC(=O)Nc2ccc(C(C)C)cc2)CC1. The average molecular weight is 508 g/mol. The van der Waals surface area contributed by atoms with Gasteiger partial charge in [-0.05, 0) is 35.7 Å². The summed E-state index contributed by atoms with van der Waals surface area (Å²) in [4.78, 5) is 44.6. The maximum absolute atomic E-state index is 13.3. The molecule has 1 atom stereocenters. The second kappa shape index (κ2) is 12.1. The highest BCUT2D eigenvalue weighted by Crippen LogP contribution is 2.28. The Morgan fingerprint density at radius 3 is 2.41 bits per heavy atom. The molecular formula is C28H37N5O4. The molecule has 2 N–H and O–H groups in total. The van der Waals surface area contributed by atoms with Gasteiger partial charge in [0, 0.05) is 45.0 Å². The monoisotopic (exact) mass is 507 g/mol. The lowest BCUT2D eigenvalue weighted by Gasteiger charge is -2.39. The first kappa shape index (κ1) is 26.5. The zero-order valence-electron chi connectivity index (χ0n) is 21.9. The van der Waals surface area contributed by atoms with Gasteiger partial charge in [-0.1, -0.05) is 38.1 Å². The van der Waals surface area contributed by atoms with Gasteiger partial charge in [-0.3, -0.25) is 19.3 Å². The molecule has 2 heterocycles. The standard InChI is InChI=1S/C28H37N5O4/c1-20(2)21-8-10-22(11-9-21)30-26(34)18-24-28(36)29-12-13-33(24)27(35)19-31-14-16-32(17-15-31)23-6-4-5-7-25(23)37-3/h4-11,20,24H,12-19H2,1-3H3,(H,29,36)(H,30,34). The van der Waals surface area contributed by atoms with E-state index in [4.69, 9.17) is 4.74 Å². The van der Waals surface area contributed by atoms with Gasteiger partial charge in [-0.2, -0.15) is 0 Å². The minimum Gasteiger partial charge on any atom is -0.495 e. The normalized spacial score (nSPS) is 18.5. The van der Waals surface area contributed by atoms with E-state index in [2.05, 4.69) is 34.3 Å². The molecule has 2 saturated heterocycles. The van der Waals surface area contributed by atoms with Gasteiger partial charge in [-0.15, -0.1) is 0 Å². The number of carbonyl (C=O) groups is 3. The number of ether oxygens (including phenoxy) is 1. The van der Waals surface area contributed by atoms with Gasteiger partial charge < -0.3 is 25.2 Å². The molecular weight excluding hydrogens is 470 g/mol. The number of nitrogens with one attached hydrogen (secondary N) is 2. The summed E-state index contributed by atoms with van der Waals surface area (Å²) in [5.74, 6) is 0.538. The Morgan fingerprint density at radius 2 is 1.73 bits per heavy atom. The first-order chi connectivity index (χ1) is 17.9. The van der Waals surface area contributed by atoms with Crippen LogP contribution in [0, 0.1) is 0 Å². The number of hydrogen-bond donors (Lipinski definition) is 2. The zero-order valence-corrected chi connectivity index (χ0v) is 21.9. The van der Waals surface area contributed by atoms with E-state index >= 15 is 0 Å². The van der Waals surface area contributed by atoms with Gasteiger partial charge in [-0.25, -0.2) is 0 Å². The highest BCUT2D eigenvalue weighted by molar-refractivity contribution is 5.97. The molecule has 3 amide bonds. The highest BCUT2D eigenvalue weighted by Gasteiger charge is 2.35. The van der Waals surface area contributed by atoms with E-state index in [1.807, 2.05) is 48.5 Å². The number of benzene rings is 2. The van der Waals surface area contributed by atoms with Crippen molar-refractivity contribution < 1.29 is 19.1 Å². The number of hydrogen-bond acceptors (Lipinski definition) is 6. The fraction of sp³-hybridized carbons (Fsp3) is 0.464. The van der Waals surface area contributed by atoms with Crippen LogP contribution in [0.25, 0.3) is 0 Å². The predicted octanol–water partition coefficient (Wildman–Crippen LogP) is 2.30. The highest BCUT2D eigenvalue weighted by atomic mass is 16.5. The van der Waals surface area contributed by atoms with E-state index in [1.165, 1.54) is 5.56 Å². The number of nitrogens with zero attached hydrogens (tertiary/aromatic N) is 3. The second-order valence-electron chi connectivity index (χ2n) is 9.86. The van der Waals surface area contributed by atoms with Crippen LogP contribution in [0.2, 0.25) is 0 Å². The van der Waals surface area contributed by atoms with Crippen molar-refractivity contribution in [3.05, 3.63) is 54.1 Å². The summed E-state index contributed by atoms with van der Waals surface area (Å²) in [6.45, 7) is 8.23. The number of methoxy groups -OCH3 is 1. The Hall–Kier alpha value is -3.59. The lowest BCUT2D eigenvalue weighted by atomic mass is 10.0. The molecule has 0 spiro atoms. The quantitative estimate of drug-likeness (QED) is 0.570. The van der Waals surface area contributed by atoms with E-state index in [9.17, 15) is 14.4 Å². The molecule has 2 aliphatic heterocycles. The lowest BCUT2D eigenvalue weighted by Crippen LogP contribution is -2.60. The zero-order chi connectivity index (χ0) is 26.4. The number of piperazine rings is 2. The molecule has 2 aliphatic rings. The van der Waals surface area contributed by atoms with Crippen molar-refractivity contribution in [2.45, 2.75) is 32.2 Å². The maximum Gasteiger partial charge on any atom is 0.243 e. The van der Waals surface area contributed by atoms with Crippen molar-refractivity contribution >= 4 is 29.1 Å². The summed E-state index contributed by atoms with van der Waals surface area (Å²) in [7, 11) is 1.67. The predicted molar refractivity (Wildman–Crippen MR) is 144 cm³/mol. The van der Waals surface area contributed by atoms with Crippen LogP contribution < -0.4 is 20.3 Å². The molecule has 0 saturated carbocycles. The number of anilines is 2. The molecule has 0 aliphatic carbocycles. The van der Waals surface area contributed by atoms with Gasteiger partial charge in [0.1, 0.15) is 11.8 Å². The molecule has 37 heavy (non-hydrogen) atoms. The third-order valence-electron chi connectivity index (χ3n) is 7.05. The molecule has 0 radical (unpaired) electrons. The summed E-state index contributed by atoms with van der Waals surface area (Å²) in [6, 6.07) is 14.8. The van der Waals surface area contributed by atoms with E-state index in [1.54, 1.807) is 12.0 Å². The summed E-state index contributed by atoms with van der Waals surface area (Å²) >= 11 is 0. The number of rotatable bonds is 8. The van der Waals surface area contributed by atoms with Crippen molar-refractivity contribution in [2.75, 3.05) is 63.1 Å². The third-order valence-corrected chi connectivity index (χ3v) is 7.05. The van der Waals surface area contributed by atoms with Gasteiger partial charge in [0.25, 0.3) is 0 Å². The first-order valence-corrected chi connectivity index (χ1v) is 12.9. The molecule has 2 aromatic rings. The number of para-hydroxylation sites is 2. The minimum absolute atomic E-state index is 0.0783.